The molecule has 0 saturated carbocycles. The quantitative estimate of drug-likeness (QED) is 0.627. The van der Waals surface area contributed by atoms with E-state index in [2.05, 4.69) is 16.0 Å². The van der Waals surface area contributed by atoms with Gasteiger partial charge in [-0.1, -0.05) is 13.8 Å². The maximum atomic E-state index is 11.4. The standard InChI is InChI=1S/C12H23N3O2.ClH/c1-9(2)5-12(17)14-4-3-11(16)15-8-10-6-13-7-10;/h9-10,13H,3-8H2,1-2H3,(H,14,17)(H,15,16);1H. The van der Waals surface area contributed by atoms with Crippen molar-refractivity contribution in [1.29, 1.82) is 0 Å². The van der Waals surface area contributed by atoms with Gasteiger partial charge in [0.1, 0.15) is 0 Å². The summed E-state index contributed by atoms with van der Waals surface area (Å²) in [6.07, 6.45) is 0.888. The smallest absolute Gasteiger partial charge is 0.221 e. The Morgan fingerprint density at radius 2 is 1.89 bits per heavy atom. The molecule has 6 heteroatoms. The van der Waals surface area contributed by atoms with Crippen molar-refractivity contribution in [3.63, 3.8) is 0 Å². The fourth-order valence-corrected chi connectivity index (χ4v) is 1.60. The number of rotatable bonds is 7. The fourth-order valence-electron chi connectivity index (χ4n) is 1.60. The van der Waals surface area contributed by atoms with Crippen molar-refractivity contribution >= 4 is 24.2 Å². The van der Waals surface area contributed by atoms with E-state index in [4.69, 9.17) is 0 Å². The van der Waals surface area contributed by atoms with Crippen LogP contribution < -0.4 is 16.0 Å². The first-order chi connectivity index (χ1) is 8.08. The average Bonchev–Trinajstić information content (AvgIpc) is 2.13. The minimum Gasteiger partial charge on any atom is -0.356 e. The number of hydrogen-bond acceptors (Lipinski definition) is 3. The average molecular weight is 278 g/mol. The first kappa shape index (κ1) is 17.2. The molecule has 0 aromatic heterocycles. The Hall–Kier alpha value is -0.810. The highest BCUT2D eigenvalue weighted by molar-refractivity contribution is 5.85. The van der Waals surface area contributed by atoms with Crippen LogP contribution in [0.3, 0.4) is 0 Å². The van der Waals surface area contributed by atoms with Crippen LogP contribution >= 0.6 is 12.4 Å². The summed E-state index contributed by atoms with van der Waals surface area (Å²) in [6.45, 7) is 7.15. The van der Waals surface area contributed by atoms with Gasteiger partial charge in [-0.15, -0.1) is 12.4 Å². The molecule has 1 aliphatic rings. The van der Waals surface area contributed by atoms with Crippen molar-refractivity contribution in [2.45, 2.75) is 26.7 Å². The zero-order chi connectivity index (χ0) is 12.7. The summed E-state index contributed by atoms with van der Waals surface area (Å²) in [5.74, 6) is 0.974. The molecular formula is C12H24ClN3O2. The molecular weight excluding hydrogens is 254 g/mol. The van der Waals surface area contributed by atoms with Crippen LogP contribution in [0.1, 0.15) is 26.7 Å². The van der Waals surface area contributed by atoms with Crippen LogP contribution in [0.15, 0.2) is 0 Å². The van der Waals surface area contributed by atoms with Gasteiger partial charge in [-0.25, -0.2) is 0 Å². The van der Waals surface area contributed by atoms with Gasteiger partial charge < -0.3 is 16.0 Å². The molecule has 0 bridgehead atoms. The Balaban J connectivity index is 0.00000289. The Morgan fingerprint density at radius 3 is 2.39 bits per heavy atom. The number of amides is 2. The Kier molecular flexibility index (Phi) is 8.75. The van der Waals surface area contributed by atoms with Crippen molar-refractivity contribution in [2.24, 2.45) is 11.8 Å². The third-order valence-electron chi connectivity index (χ3n) is 2.72. The van der Waals surface area contributed by atoms with Crippen molar-refractivity contribution in [2.75, 3.05) is 26.2 Å². The molecule has 0 unspecified atom stereocenters. The van der Waals surface area contributed by atoms with Gasteiger partial charge in [0, 0.05) is 44.9 Å². The number of carbonyl (C=O) groups excluding carboxylic acids is 2. The molecule has 2 amide bonds. The van der Waals surface area contributed by atoms with Crippen molar-refractivity contribution in [3.05, 3.63) is 0 Å². The molecule has 3 N–H and O–H groups in total. The molecule has 1 heterocycles. The van der Waals surface area contributed by atoms with E-state index in [-0.39, 0.29) is 24.2 Å². The first-order valence-corrected chi connectivity index (χ1v) is 6.32. The Labute approximate surface area is 115 Å². The summed E-state index contributed by atoms with van der Waals surface area (Å²) in [5.41, 5.74) is 0. The molecule has 1 aliphatic heterocycles. The highest BCUT2D eigenvalue weighted by Crippen LogP contribution is 2.00. The van der Waals surface area contributed by atoms with E-state index in [1.807, 2.05) is 13.8 Å². The topological polar surface area (TPSA) is 70.2 Å². The van der Waals surface area contributed by atoms with Crippen LogP contribution in [0.4, 0.5) is 0 Å². The highest BCUT2D eigenvalue weighted by atomic mass is 35.5. The van der Waals surface area contributed by atoms with E-state index < -0.39 is 0 Å². The number of hydrogen-bond donors (Lipinski definition) is 3. The third kappa shape index (κ3) is 7.50. The lowest BCUT2D eigenvalue weighted by Crippen LogP contribution is -2.48. The van der Waals surface area contributed by atoms with Crippen LogP contribution in [0.2, 0.25) is 0 Å². The molecule has 0 aromatic carbocycles. The van der Waals surface area contributed by atoms with Gasteiger partial charge in [0.2, 0.25) is 11.8 Å². The minimum atomic E-state index is 0. The summed E-state index contributed by atoms with van der Waals surface area (Å²) in [6, 6.07) is 0. The second-order valence-corrected chi connectivity index (χ2v) is 5.03. The molecule has 1 rings (SSSR count). The van der Waals surface area contributed by atoms with Crippen LogP contribution in [-0.2, 0) is 9.59 Å². The molecule has 106 valence electrons. The molecule has 5 nitrogen and oxygen atoms in total. The fraction of sp³-hybridized carbons (Fsp3) is 0.833. The van der Waals surface area contributed by atoms with Gasteiger partial charge >= 0.3 is 0 Å². The Bertz CT molecular complexity index is 268. The van der Waals surface area contributed by atoms with E-state index in [0.29, 0.717) is 31.2 Å². The molecule has 0 aliphatic carbocycles. The van der Waals surface area contributed by atoms with Gasteiger partial charge in [0.05, 0.1) is 0 Å². The number of carbonyl (C=O) groups is 2. The lowest BCUT2D eigenvalue weighted by atomic mass is 10.0. The molecule has 0 radical (unpaired) electrons. The SMILES string of the molecule is CC(C)CC(=O)NCCC(=O)NCC1CNC1.Cl. The van der Waals surface area contributed by atoms with Crippen LogP contribution in [0.5, 0.6) is 0 Å². The Morgan fingerprint density at radius 1 is 1.22 bits per heavy atom. The van der Waals surface area contributed by atoms with E-state index in [1.165, 1.54) is 0 Å². The zero-order valence-corrected chi connectivity index (χ0v) is 11.9. The monoisotopic (exact) mass is 277 g/mol. The summed E-state index contributed by atoms with van der Waals surface area (Å²) < 4.78 is 0. The minimum absolute atomic E-state index is 0. The van der Waals surface area contributed by atoms with Gasteiger partial charge in [-0.2, -0.15) is 0 Å². The van der Waals surface area contributed by atoms with Crippen LogP contribution in [0.25, 0.3) is 0 Å². The second-order valence-electron chi connectivity index (χ2n) is 5.03. The molecule has 0 spiro atoms. The summed E-state index contributed by atoms with van der Waals surface area (Å²) >= 11 is 0. The predicted molar refractivity (Wildman–Crippen MR) is 73.7 cm³/mol. The molecule has 0 aromatic rings. The first-order valence-electron chi connectivity index (χ1n) is 6.32. The summed E-state index contributed by atoms with van der Waals surface area (Å²) in [5, 5.41) is 8.77. The van der Waals surface area contributed by atoms with E-state index >= 15 is 0 Å². The molecule has 0 atom stereocenters. The van der Waals surface area contributed by atoms with E-state index in [0.717, 1.165) is 19.6 Å². The number of halogens is 1. The molecule has 1 saturated heterocycles. The zero-order valence-electron chi connectivity index (χ0n) is 11.1. The van der Waals surface area contributed by atoms with Crippen LogP contribution in [0, 0.1) is 11.8 Å². The van der Waals surface area contributed by atoms with Crippen molar-refractivity contribution in [3.8, 4) is 0 Å². The van der Waals surface area contributed by atoms with Crippen molar-refractivity contribution < 1.29 is 9.59 Å². The summed E-state index contributed by atoms with van der Waals surface area (Å²) in [7, 11) is 0. The van der Waals surface area contributed by atoms with Gasteiger partial charge in [-0.3, -0.25) is 9.59 Å². The van der Waals surface area contributed by atoms with Gasteiger partial charge in [-0.05, 0) is 5.92 Å². The second kappa shape index (κ2) is 9.16. The van der Waals surface area contributed by atoms with E-state index in [9.17, 15) is 9.59 Å². The summed E-state index contributed by atoms with van der Waals surface area (Å²) in [4.78, 5) is 22.7. The molecule has 1 fully saturated rings. The predicted octanol–water partition coefficient (Wildman–Crippen LogP) is 0.296. The van der Waals surface area contributed by atoms with Gasteiger partial charge in [0.15, 0.2) is 0 Å². The maximum absolute atomic E-state index is 11.4. The van der Waals surface area contributed by atoms with Gasteiger partial charge in [0.25, 0.3) is 0 Å². The lowest BCUT2D eigenvalue weighted by molar-refractivity contribution is -0.122. The van der Waals surface area contributed by atoms with Crippen LogP contribution in [-0.4, -0.2) is 38.0 Å². The van der Waals surface area contributed by atoms with E-state index in [1.54, 1.807) is 0 Å². The highest BCUT2D eigenvalue weighted by Gasteiger charge is 2.16. The lowest BCUT2D eigenvalue weighted by Gasteiger charge is -2.27. The largest absolute Gasteiger partial charge is 0.356 e. The number of nitrogens with one attached hydrogen (secondary N) is 3. The normalized spacial score (nSPS) is 14.6. The van der Waals surface area contributed by atoms with Crippen molar-refractivity contribution in [1.82, 2.24) is 16.0 Å². The molecule has 18 heavy (non-hydrogen) atoms. The third-order valence-corrected chi connectivity index (χ3v) is 2.72. The maximum Gasteiger partial charge on any atom is 0.221 e.